The van der Waals surface area contributed by atoms with Gasteiger partial charge in [0.2, 0.25) is 0 Å². The Morgan fingerprint density at radius 1 is 0.857 bits per heavy atom. The Morgan fingerprint density at radius 3 is 1.90 bits per heavy atom. The molecule has 1 N–H and O–H groups in total. The molecule has 0 spiro atoms. The molecule has 0 bridgehead atoms. The highest BCUT2D eigenvalue weighted by atomic mass is 19.1. The number of nitrogens with one attached hydrogen (secondary N) is 1. The molecule has 0 amide bonds. The monoisotopic (exact) mass is 289 g/mol. The molecule has 0 heterocycles. The molecule has 0 aliphatic rings. The van der Waals surface area contributed by atoms with E-state index in [1.54, 1.807) is 0 Å². The molecule has 0 radical (unpaired) electrons. The first kappa shape index (κ1) is 15.6. The Kier molecular flexibility index (Phi) is 5.45. The number of halogens is 2. The highest BCUT2D eigenvalue weighted by Crippen LogP contribution is 2.13. The van der Waals surface area contributed by atoms with Gasteiger partial charge in [-0.15, -0.1) is 0 Å². The molecule has 0 saturated carbocycles. The minimum absolute atomic E-state index is 0.152. The van der Waals surface area contributed by atoms with Crippen LogP contribution in [-0.4, -0.2) is 13.1 Å². The summed E-state index contributed by atoms with van der Waals surface area (Å²) in [5.74, 6) is -1.04. The highest BCUT2D eigenvalue weighted by molar-refractivity contribution is 5.24. The standard InChI is InChI=1S/C18H21F2N/c1-3-13-4-6-14(7-5-13)10-18(21-2)11-15-8-16(19)12-17(20)9-15/h4-9,12,18,21H,3,10-11H2,1-2H3. The molecule has 2 rings (SSSR count). The first-order valence-corrected chi connectivity index (χ1v) is 7.30. The van der Waals surface area contributed by atoms with Crippen molar-refractivity contribution in [3.63, 3.8) is 0 Å². The Hall–Kier alpha value is -1.74. The fourth-order valence-electron chi connectivity index (χ4n) is 2.49. The second kappa shape index (κ2) is 7.32. The molecule has 0 aliphatic carbocycles. The fraction of sp³-hybridized carbons (Fsp3) is 0.333. The van der Waals surface area contributed by atoms with Crippen molar-refractivity contribution in [1.82, 2.24) is 5.32 Å². The van der Waals surface area contributed by atoms with E-state index >= 15 is 0 Å². The van der Waals surface area contributed by atoms with Crippen LogP contribution in [0.1, 0.15) is 23.6 Å². The molecule has 0 saturated heterocycles. The van der Waals surface area contributed by atoms with Gasteiger partial charge < -0.3 is 5.32 Å². The number of benzene rings is 2. The minimum atomic E-state index is -0.521. The lowest BCUT2D eigenvalue weighted by Crippen LogP contribution is -2.30. The molecule has 0 aromatic heterocycles. The van der Waals surface area contributed by atoms with Gasteiger partial charge in [-0.25, -0.2) is 8.78 Å². The molecule has 112 valence electrons. The van der Waals surface area contributed by atoms with Crippen molar-refractivity contribution in [3.05, 3.63) is 70.8 Å². The van der Waals surface area contributed by atoms with Crippen LogP contribution in [0.25, 0.3) is 0 Å². The van der Waals surface area contributed by atoms with Gasteiger partial charge in [-0.1, -0.05) is 31.2 Å². The number of hydrogen-bond donors (Lipinski definition) is 1. The first-order chi connectivity index (χ1) is 10.1. The van der Waals surface area contributed by atoms with Crippen LogP contribution in [0.15, 0.2) is 42.5 Å². The van der Waals surface area contributed by atoms with Crippen molar-refractivity contribution in [1.29, 1.82) is 0 Å². The maximum atomic E-state index is 13.2. The second-order valence-corrected chi connectivity index (χ2v) is 5.34. The van der Waals surface area contributed by atoms with Gasteiger partial charge >= 0.3 is 0 Å². The molecular formula is C18H21F2N. The Balaban J connectivity index is 2.05. The molecule has 21 heavy (non-hydrogen) atoms. The largest absolute Gasteiger partial charge is 0.316 e. The number of hydrogen-bond acceptors (Lipinski definition) is 1. The van der Waals surface area contributed by atoms with Crippen molar-refractivity contribution >= 4 is 0 Å². The van der Waals surface area contributed by atoms with E-state index < -0.39 is 11.6 Å². The summed E-state index contributed by atoms with van der Waals surface area (Å²) < 4.78 is 26.5. The summed E-state index contributed by atoms with van der Waals surface area (Å²) in [7, 11) is 1.88. The average Bonchev–Trinajstić information content (AvgIpc) is 2.46. The lowest BCUT2D eigenvalue weighted by atomic mass is 9.98. The number of likely N-dealkylation sites (N-methyl/N-ethyl adjacent to an activating group) is 1. The average molecular weight is 289 g/mol. The van der Waals surface area contributed by atoms with Crippen molar-refractivity contribution in [2.45, 2.75) is 32.2 Å². The van der Waals surface area contributed by atoms with Crippen molar-refractivity contribution < 1.29 is 8.78 Å². The van der Waals surface area contributed by atoms with Crippen LogP contribution in [0.3, 0.4) is 0 Å². The maximum Gasteiger partial charge on any atom is 0.126 e. The lowest BCUT2D eigenvalue weighted by Gasteiger charge is -2.17. The summed E-state index contributed by atoms with van der Waals surface area (Å²) >= 11 is 0. The van der Waals surface area contributed by atoms with E-state index in [0.717, 1.165) is 18.9 Å². The fourth-order valence-corrected chi connectivity index (χ4v) is 2.49. The smallest absolute Gasteiger partial charge is 0.126 e. The third kappa shape index (κ3) is 4.64. The lowest BCUT2D eigenvalue weighted by molar-refractivity contribution is 0.543. The molecule has 3 heteroatoms. The van der Waals surface area contributed by atoms with Crippen LogP contribution in [-0.2, 0) is 19.3 Å². The van der Waals surface area contributed by atoms with Crippen LogP contribution in [0.2, 0.25) is 0 Å². The quantitative estimate of drug-likeness (QED) is 0.850. The van der Waals surface area contributed by atoms with E-state index in [4.69, 9.17) is 0 Å². The third-order valence-corrected chi connectivity index (χ3v) is 3.73. The van der Waals surface area contributed by atoms with E-state index in [1.807, 2.05) is 7.05 Å². The topological polar surface area (TPSA) is 12.0 Å². The van der Waals surface area contributed by atoms with Crippen molar-refractivity contribution in [2.24, 2.45) is 0 Å². The normalized spacial score (nSPS) is 12.4. The molecule has 0 fully saturated rings. The Bertz CT molecular complexity index is 558. The van der Waals surface area contributed by atoms with Crippen molar-refractivity contribution in [3.8, 4) is 0 Å². The van der Waals surface area contributed by atoms with E-state index in [9.17, 15) is 8.78 Å². The summed E-state index contributed by atoms with van der Waals surface area (Å²) in [6.07, 6.45) is 2.46. The van der Waals surface area contributed by atoms with Crippen LogP contribution >= 0.6 is 0 Å². The summed E-state index contributed by atoms with van der Waals surface area (Å²) in [6, 6.07) is 12.3. The van der Waals surface area contributed by atoms with Gasteiger partial charge in [-0.3, -0.25) is 0 Å². The van der Waals surface area contributed by atoms with E-state index in [-0.39, 0.29) is 6.04 Å². The number of aryl methyl sites for hydroxylation is 1. The molecular weight excluding hydrogens is 268 g/mol. The Labute approximate surface area is 125 Å². The van der Waals surface area contributed by atoms with Gasteiger partial charge in [-0.05, 0) is 55.1 Å². The molecule has 1 unspecified atom stereocenters. The predicted octanol–water partition coefficient (Wildman–Crippen LogP) is 3.90. The summed E-state index contributed by atoms with van der Waals surface area (Å²) in [4.78, 5) is 0. The highest BCUT2D eigenvalue weighted by Gasteiger charge is 2.10. The zero-order chi connectivity index (χ0) is 15.2. The molecule has 2 aromatic carbocycles. The molecule has 2 aromatic rings. The van der Waals surface area contributed by atoms with Crippen LogP contribution in [0, 0.1) is 11.6 Å². The van der Waals surface area contributed by atoms with E-state index in [1.165, 1.54) is 23.3 Å². The predicted molar refractivity (Wildman–Crippen MR) is 82.4 cm³/mol. The minimum Gasteiger partial charge on any atom is -0.316 e. The SMILES string of the molecule is CCc1ccc(CC(Cc2cc(F)cc(F)c2)NC)cc1. The molecule has 1 nitrogen and oxygen atoms in total. The summed E-state index contributed by atoms with van der Waals surface area (Å²) in [5.41, 5.74) is 3.22. The maximum absolute atomic E-state index is 13.2. The molecule has 0 aliphatic heterocycles. The number of rotatable bonds is 6. The van der Waals surface area contributed by atoms with Crippen LogP contribution in [0.4, 0.5) is 8.78 Å². The van der Waals surface area contributed by atoms with Gasteiger partial charge in [0.05, 0.1) is 0 Å². The zero-order valence-electron chi connectivity index (χ0n) is 12.5. The summed E-state index contributed by atoms with van der Waals surface area (Å²) in [6.45, 7) is 2.13. The van der Waals surface area contributed by atoms with Crippen LogP contribution < -0.4 is 5.32 Å². The zero-order valence-corrected chi connectivity index (χ0v) is 12.5. The third-order valence-electron chi connectivity index (χ3n) is 3.73. The second-order valence-electron chi connectivity index (χ2n) is 5.34. The Morgan fingerprint density at radius 2 is 1.38 bits per heavy atom. The van der Waals surface area contributed by atoms with Crippen molar-refractivity contribution in [2.75, 3.05) is 7.05 Å². The van der Waals surface area contributed by atoms with Gasteiger partial charge in [0.25, 0.3) is 0 Å². The van der Waals surface area contributed by atoms with Gasteiger partial charge in [-0.2, -0.15) is 0 Å². The van der Waals surface area contributed by atoms with E-state index in [2.05, 4.69) is 36.5 Å². The van der Waals surface area contributed by atoms with Gasteiger partial charge in [0.1, 0.15) is 11.6 Å². The van der Waals surface area contributed by atoms with Gasteiger partial charge in [0.15, 0.2) is 0 Å². The van der Waals surface area contributed by atoms with E-state index in [0.29, 0.717) is 12.0 Å². The first-order valence-electron chi connectivity index (χ1n) is 7.30. The molecule has 1 atom stereocenters. The summed E-state index contributed by atoms with van der Waals surface area (Å²) in [5, 5.41) is 3.22. The van der Waals surface area contributed by atoms with Gasteiger partial charge in [0, 0.05) is 12.1 Å². The van der Waals surface area contributed by atoms with Crippen LogP contribution in [0.5, 0.6) is 0 Å².